The Labute approximate surface area is 110 Å². The third kappa shape index (κ3) is 4.82. The number of rotatable bonds is 6. The van der Waals surface area contributed by atoms with Crippen LogP contribution in [0.15, 0.2) is 0 Å². The van der Waals surface area contributed by atoms with Crippen LogP contribution in [0.5, 0.6) is 0 Å². The van der Waals surface area contributed by atoms with Gasteiger partial charge in [0.25, 0.3) is 0 Å². The molecule has 5 nitrogen and oxygen atoms in total. The van der Waals surface area contributed by atoms with E-state index in [9.17, 15) is 4.79 Å². The van der Waals surface area contributed by atoms with Crippen molar-refractivity contribution in [3.8, 4) is 0 Å². The van der Waals surface area contributed by atoms with Gasteiger partial charge in [-0.2, -0.15) is 0 Å². The quantitative estimate of drug-likeness (QED) is 0.759. The van der Waals surface area contributed by atoms with Crippen molar-refractivity contribution in [2.75, 3.05) is 26.9 Å². The topological polar surface area (TPSA) is 59.6 Å². The second-order valence-electron chi connectivity index (χ2n) is 5.59. The van der Waals surface area contributed by atoms with Crippen molar-refractivity contribution < 1.29 is 14.3 Å². The number of urea groups is 1. The van der Waals surface area contributed by atoms with Crippen LogP contribution >= 0.6 is 0 Å². The fourth-order valence-electron chi connectivity index (χ4n) is 2.06. The van der Waals surface area contributed by atoms with Gasteiger partial charge in [0.05, 0.1) is 12.1 Å². The summed E-state index contributed by atoms with van der Waals surface area (Å²) in [5, 5.41) is 6.02. The number of hydrogen-bond donors (Lipinski definition) is 2. The van der Waals surface area contributed by atoms with Crippen molar-refractivity contribution in [3.05, 3.63) is 0 Å². The average molecular weight is 258 g/mol. The van der Waals surface area contributed by atoms with Crippen LogP contribution in [-0.2, 0) is 9.47 Å². The summed E-state index contributed by atoms with van der Waals surface area (Å²) in [5.74, 6) is 0.388. The molecule has 2 amide bonds. The monoisotopic (exact) mass is 258 g/mol. The second kappa shape index (κ2) is 6.95. The molecule has 1 heterocycles. The summed E-state index contributed by atoms with van der Waals surface area (Å²) in [5.41, 5.74) is -0.229. The first-order valence-electron chi connectivity index (χ1n) is 6.62. The van der Waals surface area contributed by atoms with E-state index in [4.69, 9.17) is 9.47 Å². The fraction of sp³-hybridized carbons (Fsp3) is 0.923. The molecule has 2 atom stereocenters. The molecule has 0 aromatic heterocycles. The maximum absolute atomic E-state index is 12.0. The van der Waals surface area contributed by atoms with Crippen LogP contribution in [0.1, 0.15) is 33.6 Å². The van der Waals surface area contributed by atoms with E-state index in [2.05, 4.69) is 24.5 Å². The molecule has 0 aromatic rings. The zero-order valence-corrected chi connectivity index (χ0v) is 11.9. The summed E-state index contributed by atoms with van der Waals surface area (Å²) >= 11 is 0. The first-order chi connectivity index (χ1) is 8.47. The third-order valence-corrected chi connectivity index (χ3v) is 3.39. The minimum Gasteiger partial charge on any atom is -0.385 e. The molecular weight excluding hydrogens is 232 g/mol. The van der Waals surface area contributed by atoms with Crippen LogP contribution in [0.4, 0.5) is 4.79 Å². The van der Waals surface area contributed by atoms with E-state index in [0.717, 1.165) is 12.8 Å². The molecule has 1 rings (SSSR count). The predicted molar refractivity (Wildman–Crippen MR) is 70.6 cm³/mol. The summed E-state index contributed by atoms with van der Waals surface area (Å²) < 4.78 is 10.4. The highest BCUT2D eigenvalue weighted by Crippen LogP contribution is 2.17. The van der Waals surface area contributed by atoms with Crippen molar-refractivity contribution in [1.82, 2.24) is 10.6 Å². The van der Waals surface area contributed by atoms with Crippen molar-refractivity contribution in [1.29, 1.82) is 0 Å². The molecule has 2 N–H and O–H groups in total. The Hall–Kier alpha value is -0.810. The maximum atomic E-state index is 12.0. The van der Waals surface area contributed by atoms with Gasteiger partial charge in [0.15, 0.2) is 0 Å². The molecule has 1 fully saturated rings. The Morgan fingerprint density at radius 1 is 1.50 bits per heavy atom. The first kappa shape index (κ1) is 15.2. The van der Waals surface area contributed by atoms with Gasteiger partial charge in [-0.3, -0.25) is 0 Å². The van der Waals surface area contributed by atoms with Gasteiger partial charge in [0.2, 0.25) is 0 Å². The average Bonchev–Trinajstić information content (AvgIpc) is 2.70. The molecule has 0 spiro atoms. The van der Waals surface area contributed by atoms with Crippen molar-refractivity contribution in [2.24, 2.45) is 5.92 Å². The summed E-state index contributed by atoms with van der Waals surface area (Å²) in [6.07, 6.45) is 1.69. The molecule has 0 saturated carbocycles. The Morgan fingerprint density at radius 2 is 2.22 bits per heavy atom. The van der Waals surface area contributed by atoms with Gasteiger partial charge in [-0.1, -0.05) is 13.8 Å². The van der Waals surface area contributed by atoms with Gasteiger partial charge in [0, 0.05) is 26.4 Å². The lowest BCUT2D eigenvalue weighted by Gasteiger charge is -2.27. The number of ether oxygens (including phenoxy) is 2. The smallest absolute Gasteiger partial charge is 0.315 e. The molecule has 18 heavy (non-hydrogen) atoms. The number of carbonyl (C=O) groups is 1. The lowest BCUT2D eigenvalue weighted by atomic mass is 10.0. The minimum absolute atomic E-state index is 0.113. The summed E-state index contributed by atoms with van der Waals surface area (Å²) in [4.78, 5) is 12.0. The molecule has 0 aromatic carbocycles. The van der Waals surface area contributed by atoms with Crippen molar-refractivity contribution in [3.63, 3.8) is 0 Å². The highest BCUT2D eigenvalue weighted by Gasteiger charge is 2.31. The molecular formula is C13H26N2O3. The first-order valence-corrected chi connectivity index (χ1v) is 6.62. The van der Waals surface area contributed by atoms with Gasteiger partial charge in [-0.05, 0) is 25.7 Å². The van der Waals surface area contributed by atoms with E-state index in [1.54, 1.807) is 7.11 Å². The van der Waals surface area contributed by atoms with Gasteiger partial charge in [0.1, 0.15) is 0 Å². The van der Waals surface area contributed by atoms with E-state index in [-0.39, 0.29) is 17.6 Å². The highest BCUT2D eigenvalue weighted by molar-refractivity contribution is 5.75. The maximum Gasteiger partial charge on any atom is 0.315 e. The fourth-order valence-corrected chi connectivity index (χ4v) is 2.06. The van der Waals surface area contributed by atoms with E-state index < -0.39 is 0 Å². The molecule has 0 aliphatic carbocycles. The standard InChI is InChI=1S/C13H26N2O3/c1-10(2)11(5-7-17-4)14-12(16)15-13(3)6-8-18-9-13/h10-11H,5-9H2,1-4H3,(H2,14,15,16)/t11-,13-/m1/s1. The zero-order valence-electron chi connectivity index (χ0n) is 11.9. The van der Waals surface area contributed by atoms with Crippen molar-refractivity contribution >= 4 is 6.03 Å². The normalized spacial score (nSPS) is 25.2. The largest absolute Gasteiger partial charge is 0.385 e. The van der Waals surface area contributed by atoms with E-state index in [0.29, 0.717) is 25.7 Å². The minimum atomic E-state index is -0.229. The number of hydrogen-bond acceptors (Lipinski definition) is 3. The zero-order chi connectivity index (χ0) is 13.6. The SMILES string of the molecule is COCC[C@@H](NC(=O)N[C@]1(C)CCOC1)C(C)C. The van der Waals surface area contributed by atoms with E-state index >= 15 is 0 Å². The number of nitrogens with one attached hydrogen (secondary N) is 2. The van der Waals surface area contributed by atoms with Crippen LogP contribution in [0.2, 0.25) is 0 Å². The lowest BCUT2D eigenvalue weighted by Crippen LogP contribution is -2.53. The summed E-state index contributed by atoms with van der Waals surface area (Å²) in [7, 11) is 1.67. The Kier molecular flexibility index (Phi) is 5.88. The summed E-state index contributed by atoms with van der Waals surface area (Å²) in [6, 6.07) is 0.0219. The van der Waals surface area contributed by atoms with Gasteiger partial charge < -0.3 is 20.1 Å². The van der Waals surface area contributed by atoms with Crippen LogP contribution in [0.25, 0.3) is 0 Å². The Bertz CT molecular complexity index is 263. The van der Waals surface area contributed by atoms with Crippen molar-refractivity contribution in [2.45, 2.75) is 45.2 Å². The van der Waals surface area contributed by atoms with E-state index in [1.165, 1.54) is 0 Å². The third-order valence-electron chi connectivity index (χ3n) is 3.39. The van der Waals surface area contributed by atoms with Gasteiger partial charge in [-0.25, -0.2) is 4.79 Å². The molecule has 1 saturated heterocycles. The number of amides is 2. The molecule has 0 radical (unpaired) electrons. The van der Waals surface area contributed by atoms with E-state index in [1.807, 2.05) is 6.92 Å². The summed E-state index contributed by atoms with van der Waals surface area (Å²) in [6.45, 7) is 8.17. The van der Waals surface area contributed by atoms with Gasteiger partial charge >= 0.3 is 6.03 Å². The number of methoxy groups -OCH3 is 1. The Balaban J connectivity index is 2.40. The highest BCUT2D eigenvalue weighted by atomic mass is 16.5. The Morgan fingerprint density at radius 3 is 2.72 bits per heavy atom. The molecule has 0 bridgehead atoms. The second-order valence-corrected chi connectivity index (χ2v) is 5.59. The predicted octanol–water partition coefficient (Wildman–Crippen LogP) is 1.53. The molecule has 0 unspecified atom stereocenters. The molecule has 5 heteroatoms. The lowest BCUT2D eigenvalue weighted by molar-refractivity contribution is 0.163. The van der Waals surface area contributed by atoms with Crippen LogP contribution in [0.3, 0.4) is 0 Å². The molecule has 1 aliphatic heterocycles. The number of carbonyl (C=O) groups excluding carboxylic acids is 1. The van der Waals surface area contributed by atoms with Crippen LogP contribution in [0, 0.1) is 5.92 Å². The van der Waals surface area contributed by atoms with Gasteiger partial charge in [-0.15, -0.1) is 0 Å². The van der Waals surface area contributed by atoms with Crippen LogP contribution in [-0.4, -0.2) is 44.5 Å². The van der Waals surface area contributed by atoms with Crippen LogP contribution < -0.4 is 10.6 Å². The molecule has 106 valence electrons. The molecule has 1 aliphatic rings.